The molecule has 1 atom stereocenters. The van der Waals surface area contributed by atoms with E-state index >= 15 is 0 Å². The maximum Gasteiger partial charge on any atom is 0.123 e. The zero-order chi connectivity index (χ0) is 14.8. The highest BCUT2D eigenvalue weighted by Gasteiger charge is 2.22. The Balaban J connectivity index is 1.57. The van der Waals surface area contributed by atoms with Gasteiger partial charge in [-0.1, -0.05) is 37.6 Å². The largest absolute Gasteiger partial charge is 0.488 e. The van der Waals surface area contributed by atoms with E-state index in [-0.39, 0.29) is 6.10 Å². The van der Waals surface area contributed by atoms with Crippen LogP contribution in [0.4, 0.5) is 5.69 Å². The van der Waals surface area contributed by atoms with Crippen molar-refractivity contribution in [3.63, 3.8) is 0 Å². The lowest BCUT2D eigenvalue weighted by Gasteiger charge is -2.13. The predicted molar refractivity (Wildman–Crippen MR) is 88.6 cm³/mol. The Morgan fingerprint density at radius 1 is 1.19 bits per heavy atom. The van der Waals surface area contributed by atoms with Gasteiger partial charge in [-0.15, -0.1) is 0 Å². The van der Waals surface area contributed by atoms with Crippen LogP contribution in [0.1, 0.15) is 30.9 Å². The van der Waals surface area contributed by atoms with E-state index in [1.165, 1.54) is 11.1 Å². The SMILES string of the molecule is CC(C)c1ccc(NCC2Cc3cc(Cl)ccc3O2)cc1. The number of hydrogen-bond donors (Lipinski definition) is 1. The lowest BCUT2D eigenvalue weighted by Crippen LogP contribution is -2.23. The lowest BCUT2D eigenvalue weighted by atomic mass is 10.0. The standard InChI is InChI=1S/C18H20ClNO/c1-12(2)13-3-6-16(7-4-13)20-11-17-10-14-9-15(19)5-8-18(14)21-17/h3-9,12,17,20H,10-11H2,1-2H3. The maximum absolute atomic E-state index is 6.01. The molecule has 1 N–H and O–H groups in total. The molecule has 110 valence electrons. The van der Waals surface area contributed by atoms with Gasteiger partial charge in [0.2, 0.25) is 0 Å². The molecule has 0 amide bonds. The summed E-state index contributed by atoms with van der Waals surface area (Å²) in [5.41, 5.74) is 3.70. The zero-order valence-electron chi connectivity index (χ0n) is 12.4. The van der Waals surface area contributed by atoms with Gasteiger partial charge in [-0.05, 0) is 47.4 Å². The number of benzene rings is 2. The first-order valence-corrected chi connectivity index (χ1v) is 7.78. The number of nitrogens with one attached hydrogen (secondary N) is 1. The molecule has 0 bridgehead atoms. The van der Waals surface area contributed by atoms with Gasteiger partial charge in [0.05, 0.1) is 6.54 Å². The minimum atomic E-state index is 0.170. The molecule has 1 unspecified atom stereocenters. The van der Waals surface area contributed by atoms with Crippen molar-refractivity contribution in [1.82, 2.24) is 0 Å². The second-order valence-electron chi connectivity index (χ2n) is 5.85. The number of rotatable bonds is 4. The highest BCUT2D eigenvalue weighted by Crippen LogP contribution is 2.31. The molecule has 1 heterocycles. The first-order valence-electron chi connectivity index (χ1n) is 7.41. The van der Waals surface area contributed by atoms with Gasteiger partial charge in [-0.3, -0.25) is 0 Å². The van der Waals surface area contributed by atoms with Crippen LogP contribution in [-0.2, 0) is 6.42 Å². The average Bonchev–Trinajstić information content (AvgIpc) is 2.87. The Labute approximate surface area is 131 Å². The van der Waals surface area contributed by atoms with E-state index in [2.05, 4.69) is 43.4 Å². The van der Waals surface area contributed by atoms with Crippen molar-refractivity contribution in [1.29, 1.82) is 0 Å². The van der Waals surface area contributed by atoms with Crippen LogP contribution in [-0.4, -0.2) is 12.6 Å². The first-order chi connectivity index (χ1) is 10.1. The average molecular weight is 302 g/mol. The van der Waals surface area contributed by atoms with Crippen molar-refractivity contribution in [3.05, 3.63) is 58.6 Å². The maximum atomic E-state index is 6.01. The van der Waals surface area contributed by atoms with Gasteiger partial charge in [0, 0.05) is 17.1 Å². The highest BCUT2D eigenvalue weighted by atomic mass is 35.5. The van der Waals surface area contributed by atoms with Crippen molar-refractivity contribution in [2.24, 2.45) is 0 Å². The van der Waals surface area contributed by atoms with Crippen LogP contribution in [0.3, 0.4) is 0 Å². The van der Waals surface area contributed by atoms with Gasteiger partial charge < -0.3 is 10.1 Å². The van der Waals surface area contributed by atoms with Crippen LogP contribution in [0, 0.1) is 0 Å². The summed E-state index contributed by atoms with van der Waals surface area (Å²) in [6, 6.07) is 14.4. The minimum Gasteiger partial charge on any atom is -0.488 e. The molecular formula is C18H20ClNO. The number of halogens is 1. The summed E-state index contributed by atoms with van der Waals surface area (Å²) in [6.07, 6.45) is 1.08. The second kappa shape index (κ2) is 5.98. The van der Waals surface area contributed by atoms with Crippen molar-refractivity contribution in [3.8, 4) is 5.75 Å². The summed E-state index contributed by atoms with van der Waals surface area (Å²) >= 11 is 6.01. The molecule has 0 spiro atoms. The van der Waals surface area contributed by atoms with Crippen LogP contribution >= 0.6 is 11.6 Å². The summed E-state index contributed by atoms with van der Waals surface area (Å²) in [5.74, 6) is 1.53. The molecule has 3 rings (SSSR count). The Bertz CT molecular complexity index is 622. The van der Waals surface area contributed by atoms with E-state index in [0.717, 1.165) is 29.4 Å². The third-order valence-corrected chi connectivity index (χ3v) is 4.11. The van der Waals surface area contributed by atoms with Crippen LogP contribution in [0.15, 0.2) is 42.5 Å². The Morgan fingerprint density at radius 3 is 2.67 bits per heavy atom. The molecular weight excluding hydrogens is 282 g/mol. The fourth-order valence-electron chi connectivity index (χ4n) is 2.62. The molecule has 0 aliphatic carbocycles. The summed E-state index contributed by atoms with van der Waals surface area (Å²) in [7, 11) is 0. The molecule has 1 aliphatic rings. The van der Waals surface area contributed by atoms with Crippen molar-refractivity contribution in [2.75, 3.05) is 11.9 Å². The zero-order valence-corrected chi connectivity index (χ0v) is 13.2. The summed E-state index contributed by atoms with van der Waals surface area (Å²) in [6.45, 7) is 5.21. The van der Waals surface area contributed by atoms with E-state index < -0.39 is 0 Å². The third kappa shape index (κ3) is 3.33. The lowest BCUT2D eigenvalue weighted by molar-refractivity contribution is 0.246. The van der Waals surface area contributed by atoms with Crippen molar-refractivity contribution < 1.29 is 4.74 Å². The van der Waals surface area contributed by atoms with Crippen LogP contribution in [0.2, 0.25) is 5.02 Å². The molecule has 2 aromatic carbocycles. The topological polar surface area (TPSA) is 21.3 Å². The smallest absolute Gasteiger partial charge is 0.123 e. The summed E-state index contributed by atoms with van der Waals surface area (Å²) in [4.78, 5) is 0. The predicted octanol–water partition coefficient (Wildman–Crippen LogP) is 4.88. The number of ether oxygens (including phenoxy) is 1. The molecule has 0 radical (unpaired) electrons. The van der Waals surface area contributed by atoms with E-state index in [0.29, 0.717) is 5.92 Å². The van der Waals surface area contributed by atoms with Gasteiger partial charge in [-0.25, -0.2) is 0 Å². The van der Waals surface area contributed by atoms with Crippen molar-refractivity contribution >= 4 is 17.3 Å². The molecule has 21 heavy (non-hydrogen) atoms. The summed E-state index contributed by atoms with van der Waals surface area (Å²) < 4.78 is 5.92. The number of hydrogen-bond acceptors (Lipinski definition) is 2. The quantitative estimate of drug-likeness (QED) is 0.869. The van der Waals surface area contributed by atoms with Gasteiger partial charge in [-0.2, -0.15) is 0 Å². The van der Waals surface area contributed by atoms with Gasteiger partial charge in [0.15, 0.2) is 0 Å². The molecule has 3 heteroatoms. The molecule has 1 aliphatic heterocycles. The van der Waals surface area contributed by atoms with E-state index in [1.54, 1.807) is 0 Å². The fourth-order valence-corrected chi connectivity index (χ4v) is 2.82. The molecule has 0 aromatic heterocycles. The van der Waals surface area contributed by atoms with Gasteiger partial charge in [0.25, 0.3) is 0 Å². The molecule has 0 saturated carbocycles. The van der Waals surface area contributed by atoms with Crippen LogP contribution in [0.5, 0.6) is 5.75 Å². The molecule has 0 saturated heterocycles. The van der Waals surface area contributed by atoms with E-state index in [1.807, 2.05) is 18.2 Å². The molecule has 2 nitrogen and oxygen atoms in total. The Hall–Kier alpha value is -1.67. The van der Waals surface area contributed by atoms with Crippen LogP contribution in [0.25, 0.3) is 0 Å². The normalized spacial score (nSPS) is 16.7. The minimum absolute atomic E-state index is 0.170. The Morgan fingerprint density at radius 2 is 1.95 bits per heavy atom. The van der Waals surface area contributed by atoms with Crippen molar-refractivity contribution in [2.45, 2.75) is 32.3 Å². The number of anilines is 1. The second-order valence-corrected chi connectivity index (χ2v) is 6.29. The number of fused-ring (bicyclic) bond motifs is 1. The Kier molecular flexibility index (Phi) is 4.07. The summed E-state index contributed by atoms with van der Waals surface area (Å²) in [5, 5.41) is 4.22. The van der Waals surface area contributed by atoms with E-state index in [4.69, 9.17) is 16.3 Å². The van der Waals surface area contributed by atoms with E-state index in [9.17, 15) is 0 Å². The fraction of sp³-hybridized carbons (Fsp3) is 0.333. The highest BCUT2D eigenvalue weighted by molar-refractivity contribution is 6.30. The van der Waals surface area contributed by atoms with Gasteiger partial charge in [0.1, 0.15) is 11.9 Å². The van der Waals surface area contributed by atoms with Gasteiger partial charge >= 0.3 is 0 Å². The monoisotopic (exact) mass is 301 g/mol. The first kappa shape index (κ1) is 14.3. The molecule has 0 fully saturated rings. The molecule has 2 aromatic rings. The third-order valence-electron chi connectivity index (χ3n) is 3.87. The van der Waals surface area contributed by atoms with Crippen LogP contribution < -0.4 is 10.1 Å².